The summed E-state index contributed by atoms with van der Waals surface area (Å²) in [7, 11) is 0. The van der Waals surface area contributed by atoms with Gasteiger partial charge >= 0.3 is 0 Å². The molecule has 2 aromatic carbocycles. The number of nitrogens with one attached hydrogen (secondary N) is 1. The molecule has 0 radical (unpaired) electrons. The summed E-state index contributed by atoms with van der Waals surface area (Å²) in [6.45, 7) is 0. The van der Waals surface area contributed by atoms with Gasteiger partial charge in [0.05, 0.1) is 16.1 Å². The standard InChI is InChI=1S/C14H11BrClN3O2/c15-11-4-1-7(17)5-10(11)14(21)19-8-2-3-9(13(18)20)12(16)6-8/h1-6H,17H2,(H2,18,20)(H,19,21). The number of benzene rings is 2. The molecule has 0 saturated heterocycles. The molecular formula is C14H11BrClN3O2. The van der Waals surface area contributed by atoms with Crippen LogP contribution in [-0.4, -0.2) is 11.8 Å². The first-order chi connectivity index (χ1) is 9.88. The van der Waals surface area contributed by atoms with Crippen LogP contribution < -0.4 is 16.8 Å². The van der Waals surface area contributed by atoms with Crippen LogP contribution in [0, 0.1) is 0 Å². The van der Waals surface area contributed by atoms with Crippen molar-refractivity contribution in [3.8, 4) is 0 Å². The predicted molar refractivity (Wildman–Crippen MR) is 86.5 cm³/mol. The van der Waals surface area contributed by atoms with E-state index in [1.807, 2.05) is 0 Å². The van der Waals surface area contributed by atoms with Crippen LogP contribution in [0.15, 0.2) is 40.9 Å². The molecule has 0 unspecified atom stereocenters. The topological polar surface area (TPSA) is 98.2 Å². The van der Waals surface area contributed by atoms with Crippen LogP contribution in [-0.2, 0) is 0 Å². The van der Waals surface area contributed by atoms with Crippen LogP contribution in [0.25, 0.3) is 0 Å². The zero-order chi connectivity index (χ0) is 15.6. The van der Waals surface area contributed by atoms with Gasteiger partial charge in [-0.2, -0.15) is 0 Å². The molecule has 0 spiro atoms. The second-order valence-electron chi connectivity index (χ2n) is 4.25. The fourth-order valence-corrected chi connectivity index (χ4v) is 2.41. The third-order valence-corrected chi connectivity index (χ3v) is 3.73. The van der Waals surface area contributed by atoms with E-state index in [0.29, 0.717) is 21.4 Å². The lowest BCUT2D eigenvalue weighted by atomic mass is 10.1. The van der Waals surface area contributed by atoms with Gasteiger partial charge in [0, 0.05) is 15.8 Å². The van der Waals surface area contributed by atoms with Crippen molar-refractivity contribution in [1.82, 2.24) is 0 Å². The molecule has 0 atom stereocenters. The molecule has 5 nitrogen and oxygen atoms in total. The molecule has 0 aliphatic rings. The Morgan fingerprint density at radius 1 is 1.10 bits per heavy atom. The van der Waals surface area contributed by atoms with Crippen LogP contribution in [0.1, 0.15) is 20.7 Å². The second kappa shape index (κ2) is 6.15. The molecule has 2 amide bonds. The Labute approximate surface area is 134 Å². The number of halogens is 2. The Hall–Kier alpha value is -2.05. The first-order valence-electron chi connectivity index (χ1n) is 5.84. The largest absolute Gasteiger partial charge is 0.399 e. The average molecular weight is 369 g/mol. The molecule has 108 valence electrons. The number of primary amides is 1. The fraction of sp³-hybridized carbons (Fsp3) is 0. The number of amides is 2. The lowest BCUT2D eigenvalue weighted by molar-refractivity contribution is 0.0998. The van der Waals surface area contributed by atoms with Crippen molar-refractivity contribution in [2.75, 3.05) is 11.1 Å². The summed E-state index contributed by atoms with van der Waals surface area (Å²) in [6, 6.07) is 9.38. The summed E-state index contributed by atoms with van der Waals surface area (Å²) < 4.78 is 0.619. The number of rotatable bonds is 3. The average Bonchev–Trinajstić information content (AvgIpc) is 2.41. The van der Waals surface area contributed by atoms with Gasteiger partial charge in [-0.05, 0) is 52.3 Å². The zero-order valence-electron chi connectivity index (χ0n) is 10.7. The van der Waals surface area contributed by atoms with Crippen LogP contribution in [0.4, 0.5) is 11.4 Å². The molecule has 0 heterocycles. The summed E-state index contributed by atoms with van der Waals surface area (Å²) in [5, 5.41) is 2.85. The fourth-order valence-electron chi connectivity index (χ4n) is 1.71. The quantitative estimate of drug-likeness (QED) is 0.726. The Morgan fingerprint density at radius 2 is 1.81 bits per heavy atom. The van der Waals surface area contributed by atoms with Crippen molar-refractivity contribution in [3.05, 3.63) is 57.0 Å². The molecule has 0 aromatic heterocycles. The summed E-state index contributed by atoms with van der Waals surface area (Å²) in [5.74, 6) is -0.978. The van der Waals surface area contributed by atoms with E-state index in [0.717, 1.165) is 0 Å². The lowest BCUT2D eigenvalue weighted by Crippen LogP contribution is -2.14. The third kappa shape index (κ3) is 3.53. The van der Waals surface area contributed by atoms with E-state index < -0.39 is 5.91 Å². The van der Waals surface area contributed by atoms with E-state index in [1.54, 1.807) is 24.3 Å². The summed E-state index contributed by atoms with van der Waals surface area (Å²) >= 11 is 9.21. The number of hydrogen-bond donors (Lipinski definition) is 3. The number of carbonyl (C=O) groups is 2. The number of anilines is 2. The first-order valence-corrected chi connectivity index (χ1v) is 7.01. The van der Waals surface area contributed by atoms with Crippen molar-refractivity contribution in [2.24, 2.45) is 5.73 Å². The van der Waals surface area contributed by atoms with Crippen molar-refractivity contribution < 1.29 is 9.59 Å². The van der Waals surface area contributed by atoms with E-state index in [-0.39, 0.29) is 16.5 Å². The molecular weight excluding hydrogens is 358 g/mol. The van der Waals surface area contributed by atoms with Gasteiger partial charge in [-0.25, -0.2) is 0 Å². The van der Waals surface area contributed by atoms with E-state index in [4.69, 9.17) is 23.1 Å². The van der Waals surface area contributed by atoms with Crippen LogP contribution >= 0.6 is 27.5 Å². The minimum atomic E-state index is -0.628. The first kappa shape index (κ1) is 15.3. The molecule has 2 rings (SSSR count). The third-order valence-electron chi connectivity index (χ3n) is 2.73. The highest BCUT2D eigenvalue weighted by molar-refractivity contribution is 9.10. The van der Waals surface area contributed by atoms with E-state index in [2.05, 4.69) is 21.2 Å². The summed E-state index contributed by atoms with van der Waals surface area (Å²) in [5.41, 5.74) is 12.3. The lowest BCUT2D eigenvalue weighted by Gasteiger charge is -2.09. The Morgan fingerprint density at radius 3 is 2.43 bits per heavy atom. The van der Waals surface area contributed by atoms with Gasteiger partial charge in [0.1, 0.15) is 0 Å². The van der Waals surface area contributed by atoms with Crippen molar-refractivity contribution in [3.63, 3.8) is 0 Å². The Kier molecular flexibility index (Phi) is 4.50. The van der Waals surface area contributed by atoms with Gasteiger partial charge in [-0.1, -0.05) is 11.6 Å². The second-order valence-corrected chi connectivity index (χ2v) is 5.51. The van der Waals surface area contributed by atoms with Gasteiger partial charge in [0.15, 0.2) is 0 Å². The maximum atomic E-state index is 12.2. The van der Waals surface area contributed by atoms with E-state index in [1.165, 1.54) is 12.1 Å². The van der Waals surface area contributed by atoms with Gasteiger partial charge in [-0.15, -0.1) is 0 Å². The molecule has 2 aromatic rings. The van der Waals surface area contributed by atoms with Gasteiger partial charge < -0.3 is 16.8 Å². The smallest absolute Gasteiger partial charge is 0.256 e. The monoisotopic (exact) mass is 367 g/mol. The maximum Gasteiger partial charge on any atom is 0.256 e. The Bertz CT molecular complexity index is 734. The van der Waals surface area contributed by atoms with Crippen molar-refractivity contribution >= 4 is 50.7 Å². The van der Waals surface area contributed by atoms with Gasteiger partial charge in [0.2, 0.25) is 5.91 Å². The number of carbonyl (C=O) groups excluding carboxylic acids is 2. The highest BCUT2D eigenvalue weighted by atomic mass is 79.9. The highest BCUT2D eigenvalue weighted by Gasteiger charge is 2.12. The highest BCUT2D eigenvalue weighted by Crippen LogP contribution is 2.23. The minimum absolute atomic E-state index is 0.173. The van der Waals surface area contributed by atoms with E-state index >= 15 is 0 Å². The normalized spacial score (nSPS) is 10.2. The van der Waals surface area contributed by atoms with Crippen molar-refractivity contribution in [2.45, 2.75) is 0 Å². The predicted octanol–water partition coefficient (Wildman–Crippen LogP) is 3.04. The molecule has 0 aliphatic heterocycles. The Balaban J connectivity index is 2.26. The molecule has 21 heavy (non-hydrogen) atoms. The molecule has 0 saturated carbocycles. The SMILES string of the molecule is NC(=O)c1ccc(NC(=O)c2cc(N)ccc2Br)cc1Cl. The number of hydrogen-bond acceptors (Lipinski definition) is 3. The van der Waals surface area contributed by atoms with Crippen LogP contribution in [0.3, 0.4) is 0 Å². The summed E-state index contributed by atoms with van der Waals surface area (Å²) in [4.78, 5) is 23.3. The zero-order valence-corrected chi connectivity index (χ0v) is 13.0. The minimum Gasteiger partial charge on any atom is -0.399 e. The molecule has 0 fully saturated rings. The summed E-state index contributed by atoms with van der Waals surface area (Å²) in [6.07, 6.45) is 0. The van der Waals surface area contributed by atoms with Crippen LogP contribution in [0.5, 0.6) is 0 Å². The number of nitrogen functional groups attached to an aromatic ring is 1. The van der Waals surface area contributed by atoms with Gasteiger partial charge in [-0.3, -0.25) is 9.59 Å². The molecule has 7 heteroatoms. The van der Waals surface area contributed by atoms with Gasteiger partial charge in [0.25, 0.3) is 5.91 Å². The molecule has 5 N–H and O–H groups in total. The number of nitrogens with two attached hydrogens (primary N) is 2. The van der Waals surface area contributed by atoms with Crippen LogP contribution in [0.2, 0.25) is 5.02 Å². The molecule has 0 aliphatic carbocycles. The maximum absolute atomic E-state index is 12.2. The molecule has 0 bridgehead atoms. The van der Waals surface area contributed by atoms with E-state index in [9.17, 15) is 9.59 Å². The van der Waals surface area contributed by atoms with Crippen molar-refractivity contribution in [1.29, 1.82) is 0 Å².